The summed E-state index contributed by atoms with van der Waals surface area (Å²) in [6.07, 6.45) is 0.969. The molecule has 3 aromatic rings. The van der Waals surface area contributed by atoms with Gasteiger partial charge >= 0.3 is 0 Å². The second-order valence-electron chi connectivity index (χ2n) is 5.48. The van der Waals surface area contributed by atoms with Crippen LogP contribution < -0.4 is 10.6 Å². The van der Waals surface area contributed by atoms with Crippen LogP contribution in [0, 0.1) is 5.82 Å². The minimum atomic E-state index is -0.437. The second-order valence-corrected chi connectivity index (χ2v) is 5.48. The monoisotopic (exact) mass is 339 g/mol. The molecule has 0 spiro atoms. The van der Waals surface area contributed by atoms with Gasteiger partial charge in [0, 0.05) is 6.54 Å². The van der Waals surface area contributed by atoms with Crippen molar-refractivity contribution in [3.63, 3.8) is 0 Å². The lowest BCUT2D eigenvalue weighted by Gasteiger charge is -2.07. The first-order valence-electron chi connectivity index (χ1n) is 7.95. The molecule has 128 valence electrons. The number of nitrogens with zero attached hydrogens (tertiary/aromatic N) is 2. The van der Waals surface area contributed by atoms with Crippen molar-refractivity contribution in [3.8, 4) is 0 Å². The quantitative estimate of drug-likeness (QED) is 0.644. The molecule has 0 radical (unpaired) electrons. The van der Waals surface area contributed by atoms with E-state index in [0.717, 1.165) is 12.0 Å². The van der Waals surface area contributed by atoms with E-state index in [1.807, 2.05) is 24.3 Å². The van der Waals surface area contributed by atoms with Gasteiger partial charge in [-0.25, -0.2) is 4.39 Å². The molecule has 6 nitrogen and oxygen atoms in total. The van der Waals surface area contributed by atoms with Crippen LogP contribution in [0.15, 0.2) is 48.5 Å². The number of aromatic nitrogens is 3. The van der Waals surface area contributed by atoms with Gasteiger partial charge < -0.3 is 10.6 Å². The Kier molecular flexibility index (Phi) is 5.03. The Morgan fingerprint density at radius 2 is 1.80 bits per heavy atom. The molecule has 7 heteroatoms. The zero-order valence-corrected chi connectivity index (χ0v) is 13.7. The molecule has 2 aromatic carbocycles. The van der Waals surface area contributed by atoms with Crippen molar-refractivity contribution in [3.05, 3.63) is 71.2 Å². The summed E-state index contributed by atoms with van der Waals surface area (Å²) in [4.78, 5) is 12.3. The molecule has 0 unspecified atom stereocenters. The average Bonchev–Trinajstić information content (AvgIpc) is 3.10. The highest BCUT2D eigenvalue weighted by atomic mass is 19.1. The second kappa shape index (κ2) is 7.57. The minimum absolute atomic E-state index is 0.0773. The Hall–Kier alpha value is -3.22. The smallest absolute Gasteiger partial charge is 0.275 e. The number of carbonyl (C=O) groups excluding carboxylic acids is 1. The van der Waals surface area contributed by atoms with Crippen molar-refractivity contribution in [2.75, 3.05) is 5.32 Å². The number of amides is 1. The molecule has 1 amide bonds. The third kappa shape index (κ3) is 4.00. The Labute approximate surface area is 144 Å². The highest BCUT2D eigenvalue weighted by molar-refractivity contribution is 5.97. The number of aromatic amines is 1. The van der Waals surface area contributed by atoms with Crippen LogP contribution in [-0.4, -0.2) is 21.3 Å². The van der Waals surface area contributed by atoms with Crippen LogP contribution in [0.2, 0.25) is 0 Å². The lowest BCUT2D eigenvalue weighted by Crippen LogP contribution is -2.24. The fraction of sp³-hybridized carbons (Fsp3) is 0.167. The van der Waals surface area contributed by atoms with Gasteiger partial charge in [-0.1, -0.05) is 43.3 Å². The summed E-state index contributed by atoms with van der Waals surface area (Å²) < 4.78 is 13.7. The van der Waals surface area contributed by atoms with Crippen LogP contribution in [0.3, 0.4) is 0 Å². The molecule has 0 saturated heterocycles. The summed E-state index contributed by atoms with van der Waals surface area (Å²) in [6, 6.07) is 14.2. The number of halogens is 1. The number of H-pyrrole nitrogens is 1. The van der Waals surface area contributed by atoms with E-state index in [4.69, 9.17) is 0 Å². The maximum Gasteiger partial charge on any atom is 0.275 e. The Morgan fingerprint density at radius 3 is 2.52 bits per heavy atom. The maximum atomic E-state index is 13.7. The molecule has 1 aromatic heterocycles. The summed E-state index contributed by atoms with van der Waals surface area (Å²) in [5.41, 5.74) is 2.52. The molecular formula is C18H18FN5O. The lowest BCUT2D eigenvalue weighted by atomic mass is 10.1. The molecule has 0 fully saturated rings. The van der Waals surface area contributed by atoms with Crippen LogP contribution in [0.4, 0.5) is 15.9 Å². The first kappa shape index (κ1) is 16.6. The summed E-state index contributed by atoms with van der Waals surface area (Å²) in [5, 5.41) is 15.7. The van der Waals surface area contributed by atoms with Crippen LogP contribution >= 0.6 is 0 Å². The summed E-state index contributed by atoms with van der Waals surface area (Å²) >= 11 is 0. The van der Waals surface area contributed by atoms with E-state index in [9.17, 15) is 9.18 Å². The zero-order valence-electron chi connectivity index (χ0n) is 13.7. The Bertz CT molecular complexity index is 860. The van der Waals surface area contributed by atoms with Crippen molar-refractivity contribution < 1.29 is 9.18 Å². The predicted octanol–water partition coefficient (Wildman–Crippen LogP) is 3.18. The van der Waals surface area contributed by atoms with Crippen molar-refractivity contribution in [2.24, 2.45) is 0 Å². The molecule has 0 saturated carbocycles. The summed E-state index contributed by atoms with van der Waals surface area (Å²) in [6.45, 7) is 2.46. The number of aryl methyl sites for hydroxylation is 1. The van der Waals surface area contributed by atoms with E-state index in [1.54, 1.807) is 18.2 Å². The van der Waals surface area contributed by atoms with Gasteiger partial charge in [0.15, 0.2) is 11.5 Å². The Balaban J connectivity index is 1.66. The van der Waals surface area contributed by atoms with Crippen LogP contribution in [0.25, 0.3) is 0 Å². The molecular weight excluding hydrogens is 321 g/mol. The van der Waals surface area contributed by atoms with Gasteiger partial charge in [0.1, 0.15) is 5.82 Å². The number of hydrogen-bond donors (Lipinski definition) is 3. The van der Waals surface area contributed by atoms with E-state index in [2.05, 4.69) is 33.0 Å². The number of para-hydroxylation sites is 1. The van der Waals surface area contributed by atoms with Gasteiger partial charge in [0.05, 0.1) is 5.69 Å². The van der Waals surface area contributed by atoms with Gasteiger partial charge in [-0.15, -0.1) is 10.2 Å². The van der Waals surface area contributed by atoms with E-state index in [1.165, 1.54) is 11.6 Å². The van der Waals surface area contributed by atoms with Gasteiger partial charge in [0.25, 0.3) is 5.91 Å². The molecule has 0 bridgehead atoms. The largest absolute Gasteiger partial charge is 0.346 e. The standard InChI is InChI=1S/C18H18FN5O/c1-2-12-7-9-13(10-8-12)11-20-18(25)16-17(23-24-22-16)21-15-6-4-3-5-14(15)19/h3-10H,2,11H2,1H3,(H,20,25)(H2,21,22,23,24). The van der Waals surface area contributed by atoms with E-state index in [0.29, 0.717) is 6.54 Å². The van der Waals surface area contributed by atoms with E-state index < -0.39 is 11.7 Å². The fourth-order valence-electron chi connectivity index (χ4n) is 2.33. The molecule has 1 heterocycles. The maximum absolute atomic E-state index is 13.7. The van der Waals surface area contributed by atoms with Crippen molar-refractivity contribution in [1.82, 2.24) is 20.7 Å². The highest BCUT2D eigenvalue weighted by Crippen LogP contribution is 2.19. The first-order chi connectivity index (χ1) is 12.2. The van der Waals surface area contributed by atoms with Crippen LogP contribution in [-0.2, 0) is 13.0 Å². The average molecular weight is 339 g/mol. The van der Waals surface area contributed by atoms with Gasteiger partial charge in [-0.3, -0.25) is 4.79 Å². The van der Waals surface area contributed by atoms with Gasteiger partial charge in [-0.2, -0.15) is 5.21 Å². The topological polar surface area (TPSA) is 82.7 Å². The third-order valence-corrected chi connectivity index (χ3v) is 3.77. The third-order valence-electron chi connectivity index (χ3n) is 3.77. The van der Waals surface area contributed by atoms with Crippen LogP contribution in [0.5, 0.6) is 0 Å². The molecule has 0 aliphatic heterocycles. The van der Waals surface area contributed by atoms with Crippen LogP contribution in [0.1, 0.15) is 28.5 Å². The van der Waals surface area contributed by atoms with Crippen molar-refractivity contribution >= 4 is 17.4 Å². The number of anilines is 2. The van der Waals surface area contributed by atoms with E-state index in [-0.39, 0.29) is 17.2 Å². The molecule has 3 rings (SSSR count). The highest BCUT2D eigenvalue weighted by Gasteiger charge is 2.17. The van der Waals surface area contributed by atoms with Crippen molar-refractivity contribution in [1.29, 1.82) is 0 Å². The number of rotatable bonds is 6. The molecule has 0 aliphatic carbocycles. The number of benzene rings is 2. The zero-order chi connectivity index (χ0) is 17.6. The first-order valence-corrected chi connectivity index (χ1v) is 7.95. The molecule has 3 N–H and O–H groups in total. The Morgan fingerprint density at radius 1 is 1.08 bits per heavy atom. The number of nitrogens with one attached hydrogen (secondary N) is 3. The van der Waals surface area contributed by atoms with Gasteiger partial charge in [0.2, 0.25) is 0 Å². The molecule has 25 heavy (non-hydrogen) atoms. The molecule has 0 atom stereocenters. The summed E-state index contributed by atoms with van der Waals surface area (Å²) in [7, 11) is 0. The SMILES string of the molecule is CCc1ccc(CNC(=O)c2n[nH]nc2Nc2ccccc2F)cc1. The predicted molar refractivity (Wildman–Crippen MR) is 93.1 cm³/mol. The van der Waals surface area contributed by atoms with E-state index >= 15 is 0 Å². The summed E-state index contributed by atoms with van der Waals surface area (Å²) in [5.74, 6) is -0.663. The minimum Gasteiger partial charge on any atom is -0.346 e. The van der Waals surface area contributed by atoms with Crippen molar-refractivity contribution in [2.45, 2.75) is 19.9 Å². The fourth-order valence-corrected chi connectivity index (χ4v) is 2.33. The number of hydrogen-bond acceptors (Lipinski definition) is 4. The number of carbonyl (C=O) groups is 1. The normalized spacial score (nSPS) is 10.5. The molecule has 0 aliphatic rings. The lowest BCUT2D eigenvalue weighted by molar-refractivity contribution is 0.0946. The van der Waals surface area contributed by atoms with Gasteiger partial charge in [-0.05, 0) is 29.7 Å².